The molecule has 19 heavy (non-hydrogen) atoms. The molecular weight excluding hydrogens is 246 g/mol. The smallest absolute Gasteiger partial charge is 0.333 e. The van der Waals surface area contributed by atoms with Crippen molar-refractivity contribution in [1.82, 2.24) is 5.32 Å². The van der Waals surface area contributed by atoms with Gasteiger partial charge in [0.1, 0.15) is 5.75 Å². The van der Waals surface area contributed by atoms with E-state index < -0.39 is 12.0 Å². The summed E-state index contributed by atoms with van der Waals surface area (Å²) in [5.41, 5.74) is 1.16. The monoisotopic (exact) mass is 263 g/mol. The van der Waals surface area contributed by atoms with E-state index in [9.17, 15) is 14.7 Å². The molecule has 1 unspecified atom stereocenters. The van der Waals surface area contributed by atoms with Crippen molar-refractivity contribution in [2.75, 3.05) is 7.11 Å². The molecule has 0 heterocycles. The molecule has 0 spiro atoms. The van der Waals surface area contributed by atoms with Crippen molar-refractivity contribution in [3.63, 3.8) is 0 Å². The van der Waals surface area contributed by atoms with Gasteiger partial charge in [-0.05, 0) is 23.6 Å². The molecule has 0 saturated carbocycles. The van der Waals surface area contributed by atoms with Crippen LogP contribution < -0.4 is 5.32 Å². The molecule has 2 N–H and O–H groups in total. The largest absolute Gasteiger partial charge is 0.508 e. The average molecular weight is 263 g/mol. The summed E-state index contributed by atoms with van der Waals surface area (Å²) in [6.07, 6.45) is 2.19. The van der Waals surface area contributed by atoms with E-state index in [0.717, 1.165) is 0 Å². The van der Waals surface area contributed by atoms with Gasteiger partial charge in [0.25, 0.3) is 0 Å². The van der Waals surface area contributed by atoms with Gasteiger partial charge in [0, 0.05) is 6.92 Å². The summed E-state index contributed by atoms with van der Waals surface area (Å²) in [4.78, 5) is 22.7. The molecule has 1 atom stereocenters. The number of phenolic OH excluding ortho intramolecular Hbond substituents is 1. The summed E-state index contributed by atoms with van der Waals surface area (Å²) in [5, 5.41) is 12.3. The number of carbonyl (C=O) groups excluding carboxylic acids is 2. The Kier molecular flexibility index (Phi) is 5.11. The molecule has 0 saturated heterocycles. The number of rotatable bonds is 5. The molecule has 0 aliphatic carbocycles. The first kappa shape index (κ1) is 14.8. The van der Waals surface area contributed by atoms with Crippen molar-refractivity contribution >= 4 is 11.9 Å². The average Bonchev–Trinajstić information content (AvgIpc) is 2.37. The van der Waals surface area contributed by atoms with Crippen LogP contribution in [0.15, 0.2) is 30.9 Å². The summed E-state index contributed by atoms with van der Waals surface area (Å²) in [6, 6.07) is 3.86. The number of aromatic hydroxyl groups is 1. The van der Waals surface area contributed by atoms with Crippen LogP contribution in [0.25, 0.3) is 0 Å². The first-order chi connectivity index (χ1) is 8.99. The summed E-state index contributed by atoms with van der Waals surface area (Å²) in [5.74, 6) is -0.896. The zero-order valence-corrected chi connectivity index (χ0v) is 11.0. The number of allylic oxidation sites excluding steroid dienone is 1. The fourth-order valence-corrected chi connectivity index (χ4v) is 1.69. The third-order valence-electron chi connectivity index (χ3n) is 2.59. The maximum absolute atomic E-state index is 11.6. The molecular formula is C14H17NO4. The Morgan fingerprint density at radius 1 is 1.53 bits per heavy atom. The molecule has 0 fully saturated rings. The topological polar surface area (TPSA) is 75.6 Å². The lowest BCUT2D eigenvalue weighted by Crippen LogP contribution is -2.32. The lowest BCUT2D eigenvalue weighted by molar-refractivity contribution is -0.145. The maximum Gasteiger partial charge on any atom is 0.333 e. The number of phenols is 1. The Morgan fingerprint density at radius 2 is 2.21 bits per heavy atom. The zero-order valence-electron chi connectivity index (χ0n) is 11.0. The Balaban J connectivity index is 3.08. The molecule has 102 valence electrons. The van der Waals surface area contributed by atoms with E-state index >= 15 is 0 Å². The number of nitrogens with one attached hydrogen (secondary N) is 1. The minimum atomic E-state index is -0.925. The first-order valence-electron chi connectivity index (χ1n) is 5.77. The summed E-state index contributed by atoms with van der Waals surface area (Å²) in [6.45, 7) is 4.90. The fraction of sp³-hybridized carbons (Fsp3) is 0.286. The molecule has 0 bridgehead atoms. The van der Waals surface area contributed by atoms with E-state index in [1.165, 1.54) is 20.1 Å². The van der Waals surface area contributed by atoms with Crippen molar-refractivity contribution in [1.29, 1.82) is 0 Å². The van der Waals surface area contributed by atoms with Gasteiger partial charge in [-0.3, -0.25) is 4.79 Å². The predicted molar refractivity (Wildman–Crippen MR) is 70.6 cm³/mol. The summed E-state index contributed by atoms with van der Waals surface area (Å²) >= 11 is 0. The highest BCUT2D eigenvalue weighted by molar-refractivity contribution is 5.84. The number of carbonyl (C=O) groups is 2. The SMILES string of the molecule is C=CCc1ccc(C(NC(C)=O)C(=O)OC)cc1O. The molecule has 1 amide bonds. The van der Waals surface area contributed by atoms with Gasteiger partial charge in [-0.2, -0.15) is 0 Å². The van der Waals surface area contributed by atoms with Gasteiger partial charge in [-0.15, -0.1) is 6.58 Å². The van der Waals surface area contributed by atoms with Crippen molar-refractivity contribution < 1.29 is 19.4 Å². The number of hydrogen-bond donors (Lipinski definition) is 2. The molecule has 1 aromatic carbocycles. The second-order valence-corrected chi connectivity index (χ2v) is 4.04. The van der Waals surface area contributed by atoms with Gasteiger partial charge >= 0.3 is 5.97 Å². The van der Waals surface area contributed by atoms with E-state index in [0.29, 0.717) is 17.5 Å². The van der Waals surface area contributed by atoms with Crippen LogP contribution in [0.1, 0.15) is 24.1 Å². The third-order valence-corrected chi connectivity index (χ3v) is 2.59. The minimum Gasteiger partial charge on any atom is -0.508 e. The van der Waals surface area contributed by atoms with Gasteiger partial charge in [-0.1, -0.05) is 18.2 Å². The van der Waals surface area contributed by atoms with Crippen LogP contribution in [0.5, 0.6) is 5.75 Å². The number of amides is 1. The number of methoxy groups -OCH3 is 1. The van der Waals surface area contributed by atoms with Crippen molar-refractivity contribution in [2.45, 2.75) is 19.4 Å². The van der Waals surface area contributed by atoms with Gasteiger partial charge in [0.05, 0.1) is 7.11 Å². The number of benzene rings is 1. The summed E-state index contributed by atoms with van der Waals surface area (Å²) < 4.78 is 4.63. The lowest BCUT2D eigenvalue weighted by atomic mass is 10.0. The Morgan fingerprint density at radius 3 is 2.68 bits per heavy atom. The van der Waals surface area contributed by atoms with Crippen LogP contribution in [0, 0.1) is 0 Å². The van der Waals surface area contributed by atoms with E-state index in [-0.39, 0.29) is 11.7 Å². The van der Waals surface area contributed by atoms with Gasteiger partial charge < -0.3 is 15.2 Å². The van der Waals surface area contributed by atoms with Crippen LogP contribution in [0.4, 0.5) is 0 Å². The standard InChI is InChI=1S/C14H17NO4/c1-4-5-10-6-7-11(8-12(10)17)13(14(18)19-3)15-9(2)16/h4,6-8,13,17H,1,5H2,2-3H3,(H,15,16). The van der Waals surface area contributed by atoms with E-state index in [2.05, 4.69) is 16.6 Å². The number of hydrogen-bond acceptors (Lipinski definition) is 4. The molecule has 5 nitrogen and oxygen atoms in total. The Bertz CT molecular complexity index is 496. The maximum atomic E-state index is 11.6. The highest BCUT2D eigenvalue weighted by Gasteiger charge is 2.23. The van der Waals surface area contributed by atoms with Crippen LogP contribution in [-0.4, -0.2) is 24.1 Å². The van der Waals surface area contributed by atoms with Crippen LogP contribution in [-0.2, 0) is 20.7 Å². The van der Waals surface area contributed by atoms with Gasteiger partial charge in [-0.25, -0.2) is 4.79 Å². The second-order valence-electron chi connectivity index (χ2n) is 4.04. The quantitative estimate of drug-likeness (QED) is 0.623. The van der Waals surface area contributed by atoms with E-state index in [4.69, 9.17) is 0 Å². The highest BCUT2D eigenvalue weighted by Crippen LogP contribution is 2.24. The van der Waals surface area contributed by atoms with Crippen molar-refractivity contribution in [3.05, 3.63) is 42.0 Å². The molecule has 1 aromatic rings. The fourth-order valence-electron chi connectivity index (χ4n) is 1.69. The van der Waals surface area contributed by atoms with Crippen LogP contribution in [0.3, 0.4) is 0 Å². The molecule has 5 heteroatoms. The van der Waals surface area contributed by atoms with Crippen LogP contribution in [0.2, 0.25) is 0 Å². The van der Waals surface area contributed by atoms with E-state index in [1.807, 2.05) is 0 Å². The molecule has 0 aliphatic rings. The first-order valence-corrected chi connectivity index (χ1v) is 5.77. The second kappa shape index (κ2) is 6.58. The minimum absolute atomic E-state index is 0.0525. The summed E-state index contributed by atoms with van der Waals surface area (Å²) in [7, 11) is 1.24. The van der Waals surface area contributed by atoms with Crippen molar-refractivity contribution in [3.8, 4) is 5.75 Å². The Hall–Kier alpha value is -2.30. The molecule has 0 aromatic heterocycles. The van der Waals surface area contributed by atoms with Gasteiger partial charge in [0.2, 0.25) is 5.91 Å². The van der Waals surface area contributed by atoms with Crippen LogP contribution >= 0.6 is 0 Å². The highest BCUT2D eigenvalue weighted by atomic mass is 16.5. The Labute approximate surface area is 111 Å². The zero-order chi connectivity index (χ0) is 14.4. The third kappa shape index (κ3) is 3.84. The van der Waals surface area contributed by atoms with Gasteiger partial charge in [0.15, 0.2) is 6.04 Å². The predicted octanol–water partition coefficient (Wildman–Crippen LogP) is 1.47. The number of esters is 1. The molecule has 0 radical (unpaired) electrons. The lowest BCUT2D eigenvalue weighted by Gasteiger charge is -2.16. The van der Waals surface area contributed by atoms with Crippen molar-refractivity contribution in [2.24, 2.45) is 0 Å². The normalized spacial score (nSPS) is 11.5. The van der Waals surface area contributed by atoms with E-state index in [1.54, 1.807) is 18.2 Å². The number of ether oxygens (including phenoxy) is 1. The molecule has 0 aliphatic heterocycles. The molecule has 1 rings (SSSR count).